The fraction of sp³-hybridized carbons (Fsp3) is 0.464. The van der Waals surface area contributed by atoms with Gasteiger partial charge in [-0.3, -0.25) is 14.4 Å². The number of carboxylic acid groups (broad SMARTS) is 1. The summed E-state index contributed by atoms with van der Waals surface area (Å²) in [5.41, 5.74) is 8.77. The summed E-state index contributed by atoms with van der Waals surface area (Å²) in [7, 11) is 0. The third kappa shape index (κ3) is 6.87. The van der Waals surface area contributed by atoms with Gasteiger partial charge in [-0.25, -0.2) is 9.78 Å². The molecule has 1 saturated heterocycles. The second kappa shape index (κ2) is 12.8. The Labute approximate surface area is 232 Å². The number of aromatic amines is 2. The second-order valence-electron chi connectivity index (χ2n) is 10.7. The maximum atomic E-state index is 13.4. The lowest BCUT2D eigenvalue weighted by atomic mass is 10.0. The Kier molecular flexibility index (Phi) is 9.20. The minimum atomic E-state index is -1.20. The van der Waals surface area contributed by atoms with Gasteiger partial charge in [0, 0.05) is 42.0 Å². The number of para-hydroxylation sites is 1. The van der Waals surface area contributed by atoms with Gasteiger partial charge >= 0.3 is 5.97 Å². The molecule has 4 atom stereocenters. The molecule has 1 fully saturated rings. The standard InChI is InChI=1S/C28H37N7O5/c1-16(2)10-22(25(36)34-23(28(39)40)12-18-14-30-15-32-18)33-26(37)24-8-5-9-35(24)27(38)20(29)11-17-13-31-21-7-4-3-6-19(17)21/h3-4,6-7,13-16,20,22-24,31H,5,8-12,29H2,1-2H3,(H,30,32)(H,33,37)(H,34,36)(H,39,40). The second-order valence-corrected chi connectivity index (χ2v) is 10.7. The van der Waals surface area contributed by atoms with Crippen LogP contribution in [-0.4, -0.2) is 79.4 Å². The highest BCUT2D eigenvalue weighted by molar-refractivity contribution is 5.94. The van der Waals surface area contributed by atoms with Crippen molar-refractivity contribution in [3.8, 4) is 0 Å². The third-order valence-electron chi connectivity index (χ3n) is 7.20. The van der Waals surface area contributed by atoms with Crippen molar-refractivity contribution < 1.29 is 24.3 Å². The van der Waals surface area contributed by atoms with Crippen molar-refractivity contribution in [1.29, 1.82) is 0 Å². The summed E-state index contributed by atoms with van der Waals surface area (Å²) in [5.74, 6) is -2.53. The van der Waals surface area contributed by atoms with Crippen molar-refractivity contribution in [1.82, 2.24) is 30.5 Å². The maximum absolute atomic E-state index is 13.4. The quantitative estimate of drug-likeness (QED) is 0.194. The zero-order valence-electron chi connectivity index (χ0n) is 22.7. The van der Waals surface area contributed by atoms with E-state index < -0.39 is 42.0 Å². The van der Waals surface area contributed by atoms with Gasteiger partial charge in [-0.15, -0.1) is 0 Å². The average molecular weight is 552 g/mol. The van der Waals surface area contributed by atoms with E-state index in [0.29, 0.717) is 37.9 Å². The molecule has 0 saturated carbocycles. The first-order valence-corrected chi connectivity index (χ1v) is 13.6. The molecule has 2 aromatic heterocycles. The number of fused-ring (bicyclic) bond motifs is 1. The Morgan fingerprint density at radius 2 is 1.90 bits per heavy atom. The van der Waals surface area contributed by atoms with Crippen LogP contribution in [0.2, 0.25) is 0 Å². The Bertz CT molecular complexity index is 1340. The summed E-state index contributed by atoms with van der Waals surface area (Å²) in [6, 6.07) is 4.01. The van der Waals surface area contributed by atoms with Crippen molar-refractivity contribution >= 4 is 34.6 Å². The van der Waals surface area contributed by atoms with Gasteiger partial charge in [0.1, 0.15) is 18.1 Å². The summed E-state index contributed by atoms with van der Waals surface area (Å²) < 4.78 is 0. The topological polar surface area (TPSA) is 186 Å². The molecule has 7 N–H and O–H groups in total. The Hall–Kier alpha value is -4.19. The number of hydrogen-bond acceptors (Lipinski definition) is 6. The van der Waals surface area contributed by atoms with Crippen molar-refractivity contribution in [2.75, 3.05) is 6.54 Å². The van der Waals surface area contributed by atoms with Gasteiger partial charge < -0.3 is 36.3 Å². The normalized spacial score (nSPS) is 17.5. The average Bonchev–Trinajstić information content (AvgIpc) is 3.69. The van der Waals surface area contributed by atoms with E-state index in [1.807, 2.05) is 44.3 Å². The zero-order valence-corrected chi connectivity index (χ0v) is 22.7. The molecule has 4 unspecified atom stereocenters. The number of hydrogen-bond donors (Lipinski definition) is 6. The fourth-order valence-electron chi connectivity index (χ4n) is 5.20. The molecular formula is C28H37N7O5. The molecule has 0 spiro atoms. The Balaban J connectivity index is 1.41. The number of aromatic nitrogens is 3. The van der Waals surface area contributed by atoms with Crippen LogP contribution in [0.15, 0.2) is 43.0 Å². The van der Waals surface area contributed by atoms with Gasteiger partial charge in [0.25, 0.3) is 0 Å². The van der Waals surface area contributed by atoms with Gasteiger partial charge in [-0.1, -0.05) is 32.0 Å². The highest BCUT2D eigenvalue weighted by atomic mass is 16.4. The van der Waals surface area contributed by atoms with Crippen LogP contribution in [-0.2, 0) is 32.0 Å². The number of benzene rings is 1. The molecule has 3 amide bonds. The molecule has 4 rings (SSSR count). The smallest absolute Gasteiger partial charge is 0.326 e. The van der Waals surface area contributed by atoms with Gasteiger partial charge in [0.15, 0.2) is 0 Å². The minimum absolute atomic E-state index is 0.0165. The largest absolute Gasteiger partial charge is 0.480 e. The molecular weight excluding hydrogens is 514 g/mol. The highest BCUT2D eigenvalue weighted by Gasteiger charge is 2.38. The van der Waals surface area contributed by atoms with Crippen LogP contribution in [0.5, 0.6) is 0 Å². The number of nitrogens with one attached hydrogen (secondary N) is 4. The summed E-state index contributed by atoms with van der Waals surface area (Å²) in [6.07, 6.45) is 6.48. The first-order valence-electron chi connectivity index (χ1n) is 13.6. The van der Waals surface area contributed by atoms with Gasteiger partial charge in [0.2, 0.25) is 17.7 Å². The monoisotopic (exact) mass is 551 g/mol. The predicted octanol–water partition coefficient (Wildman–Crippen LogP) is 1.09. The lowest BCUT2D eigenvalue weighted by Crippen LogP contribution is -2.57. The van der Waals surface area contributed by atoms with Crippen molar-refractivity contribution in [3.63, 3.8) is 0 Å². The lowest BCUT2D eigenvalue weighted by molar-refractivity contribution is -0.143. The van der Waals surface area contributed by atoms with Crippen LogP contribution in [0.25, 0.3) is 10.9 Å². The molecule has 3 aromatic rings. The molecule has 3 heterocycles. The number of carbonyl (C=O) groups excluding carboxylic acids is 3. The zero-order chi connectivity index (χ0) is 28.8. The van der Waals surface area contributed by atoms with Gasteiger partial charge in [-0.2, -0.15) is 0 Å². The lowest BCUT2D eigenvalue weighted by Gasteiger charge is -2.29. The van der Waals surface area contributed by atoms with E-state index in [-0.39, 0.29) is 18.2 Å². The van der Waals surface area contributed by atoms with Crippen LogP contribution in [0, 0.1) is 5.92 Å². The first-order chi connectivity index (χ1) is 19.1. The number of carboxylic acids is 1. The van der Waals surface area contributed by atoms with Crippen LogP contribution in [0.4, 0.5) is 0 Å². The van der Waals surface area contributed by atoms with Crippen LogP contribution in [0.1, 0.15) is 44.4 Å². The van der Waals surface area contributed by atoms with Crippen LogP contribution in [0.3, 0.4) is 0 Å². The van der Waals surface area contributed by atoms with Crippen LogP contribution >= 0.6 is 0 Å². The summed E-state index contributed by atoms with van der Waals surface area (Å²) in [5, 5.41) is 16.0. The molecule has 12 nitrogen and oxygen atoms in total. The van der Waals surface area contributed by atoms with Crippen molar-refractivity contribution in [3.05, 3.63) is 54.2 Å². The SMILES string of the molecule is CC(C)CC(NC(=O)C1CCCN1C(=O)C(N)Cc1c[nH]c2ccccc12)C(=O)NC(Cc1cnc[nH]1)C(=O)O. The molecule has 12 heteroatoms. The number of amides is 3. The number of carbonyl (C=O) groups is 4. The Morgan fingerprint density at radius 1 is 1.12 bits per heavy atom. The van der Waals surface area contributed by atoms with E-state index in [0.717, 1.165) is 16.5 Å². The Morgan fingerprint density at radius 3 is 2.60 bits per heavy atom. The van der Waals surface area contributed by atoms with E-state index in [1.54, 1.807) is 0 Å². The highest BCUT2D eigenvalue weighted by Crippen LogP contribution is 2.22. The number of H-pyrrole nitrogens is 2. The summed E-state index contributed by atoms with van der Waals surface area (Å²) in [4.78, 5) is 63.1. The number of nitrogens with zero attached hydrogens (tertiary/aromatic N) is 2. The van der Waals surface area contributed by atoms with Crippen LogP contribution < -0.4 is 16.4 Å². The van der Waals surface area contributed by atoms with Crippen molar-refractivity contribution in [2.45, 2.75) is 70.1 Å². The van der Waals surface area contributed by atoms with Gasteiger partial charge in [0.05, 0.1) is 12.4 Å². The van der Waals surface area contributed by atoms with E-state index in [4.69, 9.17) is 5.73 Å². The predicted molar refractivity (Wildman–Crippen MR) is 148 cm³/mol. The van der Waals surface area contributed by atoms with E-state index in [1.165, 1.54) is 17.4 Å². The number of nitrogens with two attached hydrogens (primary N) is 1. The molecule has 1 aliphatic heterocycles. The molecule has 1 aliphatic rings. The van der Waals surface area contributed by atoms with Gasteiger partial charge in [-0.05, 0) is 43.2 Å². The number of aliphatic carboxylic acids is 1. The van der Waals surface area contributed by atoms with E-state index in [9.17, 15) is 24.3 Å². The third-order valence-corrected chi connectivity index (χ3v) is 7.20. The minimum Gasteiger partial charge on any atom is -0.480 e. The molecule has 0 radical (unpaired) electrons. The van der Waals surface area contributed by atoms with Crippen molar-refractivity contribution in [2.24, 2.45) is 11.7 Å². The van der Waals surface area contributed by atoms with E-state index in [2.05, 4.69) is 25.6 Å². The molecule has 40 heavy (non-hydrogen) atoms. The van der Waals surface area contributed by atoms with E-state index >= 15 is 0 Å². The number of imidazole rings is 1. The first kappa shape index (κ1) is 28.8. The number of rotatable bonds is 12. The molecule has 214 valence electrons. The molecule has 1 aromatic carbocycles. The molecule has 0 aliphatic carbocycles. The fourth-order valence-corrected chi connectivity index (χ4v) is 5.20. The summed E-state index contributed by atoms with van der Waals surface area (Å²) in [6.45, 7) is 4.20. The maximum Gasteiger partial charge on any atom is 0.326 e. The summed E-state index contributed by atoms with van der Waals surface area (Å²) >= 11 is 0. The number of likely N-dealkylation sites (tertiary alicyclic amines) is 1. The molecule has 0 bridgehead atoms.